The number of ether oxygens (including phenoxy) is 1. The van der Waals surface area contributed by atoms with Gasteiger partial charge >= 0.3 is 6.03 Å². The third kappa shape index (κ3) is 3.74. The van der Waals surface area contributed by atoms with E-state index in [1.165, 1.54) is 0 Å². The molecular weight excluding hydrogens is 302 g/mol. The van der Waals surface area contributed by atoms with Gasteiger partial charge in [-0.15, -0.1) is 0 Å². The number of carbonyl (C=O) groups excluding carboxylic acids is 1. The predicted octanol–water partition coefficient (Wildman–Crippen LogP) is 4.32. The number of rotatable bonds is 4. The highest BCUT2D eigenvalue weighted by atomic mass is 16.5. The van der Waals surface area contributed by atoms with Gasteiger partial charge in [0.1, 0.15) is 11.6 Å². The van der Waals surface area contributed by atoms with E-state index < -0.39 is 0 Å². The number of aliphatic imine (C=N–C) groups is 1. The molecule has 0 unspecified atom stereocenters. The standard InChI is InChI=1S/C19H21N3O2/c1-2-24-17-12-10-16(11-13-17)22(18-9-6-14-20-18)19(23)21-15-7-4-3-5-8-15/h3-5,7-8,10-13H,2,6,9,14H2,1H3,(H,21,23). The summed E-state index contributed by atoms with van der Waals surface area (Å²) in [4.78, 5) is 18.9. The van der Waals surface area contributed by atoms with Crippen LogP contribution in [0.15, 0.2) is 59.6 Å². The Morgan fingerprint density at radius 1 is 1.17 bits per heavy atom. The van der Waals surface area contributed by atoms with Gasteiger partial charge in [0.2, 0.25) is 0 Å². The Balaban J connectivity index is 1.84. The summed E-state index contributed by atoms with van der Waals surface area (Å²) in [5.74, 6) is 1.59. The zero-order valence-corrected chi connectivity index (χ0v) is 13.7. The molecule has 0 saturated heterocycles. The van der Waals surface area contributed by atoms with Crippen LogP contribution in [0.25, 0.3) is 0 Å². The molecule has 1 aliphatic heterocycles. The van der Waals surface area contributed by atoms with Crippen molar-refractivity contribution < 1.29 is 9.53 Å². The van der Waals surface area contributed by atoms with Crippen LogP contribution in [0.2, 0.25) is 0 Å². The maximum absolute atomic E-state index is 12.8. The molecular formula is C19H21N3O2. The van der Waals surface area contributed by atoms with Gasteiger partial charge < -0.3 is 10.1 Å². The van der Waals surface area contributed by atoms with Crippen LogP contribution in [-0.2, 0) is 0 Å². The Morgan fingerprint density at radius 3 is 2.54 bits per heavy atom. The molecule has 1 N–H and O–H groups in total. The zero-order valence-electron chi connectivity index (χ0n) is 13.7. The van der Waals surface area contributed by atoms with Crippen LogP contribution in [0.1, 0.15) is 19.8 Å². The van der Waals surface area contributed by atoms with Gasteiger partial charge in [0.05, 0.1) is 12.3 Å². The lowest BCUT2D eigenvalue weighted by Crippen LogP contribution is -2.39. The van der Waals surface area contributed by atoms with Crippen molar-refractivity contribution in [3.63, 3.8) is 0 Å². The molecule has 2 aromatic carbocycles. The van der Waals surface area contributed by atoms with E-state index in [0.29, 0.717) is 6.61 Å². The van der Waals surface area contributed by atoms with Crippen molar-refractivity contribution >= 4 is 23.2 Å². The number of urea groups is 1. The quantitative estimate of drug-likeness (QED) is 0.911. The van der Waals surface area contributed by atoms with E-state index in [2.05, 4.69) is 10.3 Å². The Labute approximate surface area is 142 Å². The van der Waals surface area contributed by atoms with Crippen LogP contribution in [-0.4, -0.2) is 25.0 Å². The largest absolute Gasteiger partial charge is 0.494 e. The van der Waals surface area contributed by atoms with Gasteiger partial charge in [-0.25, -0.2) is 4.79 Å². The van der Waals surface area contributed by atoms with E-state index >= 15 is 0 Å². The van der Waals surface area contributed by atoms with Gasteiger partial charge in [0.25, 0.3) is 0 Å². The zero-order chi connectivity index (χ0) is 16.8. The lowest BCUT2D eigenvalue weighted by atomic mass is 10.2. The fraction of sp³-hybridized carbons (Fsp3) is 0.263. The molecule has 0 saturated carbocycles. The monoisotopic (exact) mass is 323 g/mol. The summed E-state index contributed by atoms with van der Waals surface area (Å²) < 4.78 is 5.47. The Morgan fingerprint density at radius 2 is 1.92 bits per heavy atom. The summed E-state index contributed by atoms with van der Waals surface area (Å²) >= 11 is 0. The molecule has 124 valence electrons. The lowest BCUT2D eigenvalue weighted by Gasteiger charge is -2.23. The first-order valence-corrected chi connectivity index (χ1v) is 8.20. The van der Waals surface area contributed by atoms with Crippen molar-refractivity contribution in [2.75, 3.05) is 23.4 Å². The predicted molar refractivity (Wildman–Crippen MR) is 97.1 cm³/mol. The van der Waals surface area contributed by atoms with Crippen molar-refractivity contribution in [1.29, 1.82) is 0 Å². The van der Waals surface area contributed by atoms with E-state index in [1.807, 2.05) is 61.5 Å². The number of amides is 2. The number of amidine groups is 1. The molecule has 5 heteroatoms. The summed E-state index contributed by atoms with van der Waals surface area (Å²) in [5, 5.41) is 2.93. The van der Waals surface area contributed by atoms with Gasteiger partial charge in [-0.3, -0.25) is 9.89 Å². The molecule has 3 rings (SSSR count). The molecule has 0 spiro atoms. The maximum atomic E-state index is 12.8. The number of hydrogen-bond donors (Lipinski definition) is 1. The summed E-state index contributed by atoms with van der Waals surface area (Å²) in [6, 6.07) is 16.7. The number of nitrogens with zero attached hydrogens (tertiary/aromatic N) is 2. The van der Waals surface area contributed by atoms with E-state index in [9.17, 15) is 4.79 Å². The average Bonchev–Trinajstić information content (AvgIpc) is 3.12. The maximum Gasteiger partial charge on any atom is 0.331 e. The van der Waals surface area contributed by atoms with Crippen molar-refractivity contribution in [3.05, 3.63) is 54.6 Å². The molecule has 0 bridgehead atoms. The molecule has 0 atom stereocenters. The summed E-state index contributed by atoms with van der Waals surface area (Å²) in [6.07, 6.45) is 1.77. The summed E-state index contributed by atoms with van der Waals surface area (Å²) in [5.41, 5.74) is 1.55. The van der Waals surface area contributed by atoms with Crippen LogP contribution in [0.4, 0.5) is 16.2 Å². The van der Waals surface area contributed by atoms with Gasteiger partial charge in [0.15, 0.2) is 0 Å². The van der Waals surface area contributed by atoms with Crippen LogP contribution < -0.4 is 15.0 Å². The second kappa shape index (κ2) is 7.64. The van der Waals surface area contributed by atoms with Crippen molar-refractivity contribution in [2.45, 2.75) is 19.8 Å². The molecule has 24 heavy (non-hydrogen) atoms. The van der Waals surface area contributed by atoms with Crippen molar-refractivity contribution in [3.8, 4) is 5.75 Å². The number of nitrogens with one attached hydrogen (secondary N) is 1. The molecule has 2 amide bonds. The normalized spacial score (nSPS) is 13.3. The second-order valence-corrected chi connectivity index (χ2v) is 5.46. The van der Waals surface area contributed by atoms with Gasteiger partial charge in [-0.05, 0) is 49.7 Å². The molecule has 0 aliphatic carbocycles. The van der Waals surface area contributed by atoms with E-state index in [4.69, 9.17) is 4.74 Å². The number of hydrogen-bond acceptors (Lipinski definition) is 3. The summed E-state index contributed by atoms with van der Waals surface area (Å²) in [6.45, 7) is 3.33. The van der Waals surface area contributed by atoms with Crippen LogP contribution in [0.3, 0.4) is 0 Å². The molecule has 0 aromatic heterocycles. The number of benzene rings is 2. The number of para-hydroxylation sites is 1. The van der Waals surface area contributed by atoms with Gasteiger partial charge in [0, 0.05) is 18.7 Å². The van der Waals surface area contributed by atoms with Gasteiger partial charge in [-0.1, -0.05) is 18.2 Å². The average molecular weight is 323 g/mol. The van der Waals surface area contributed by atoms with Crippen molar-refractivity contribution in [2.24, 2.45) is 4.99 Å². The fourth-order valence-electron chi connectivity index (χ4n) is 2.65. The SMILES string of the molecule is CCOc1ccc(N(C(=O)Nc2ccccc2)C2=NCCC2)cc1. The van der Waals surface area contributed by atoms with E-state index in [0.717, 1.165) is 42.3 Å². The molecule has 5 nitrogen and oxygen atoms in total. The number of anilines is 2. The van der Waals surface area contributed by atoms with Crippen molar-refractivity contribution in [1.82, 2.24) is 0 Å². The molecule has 2 aromatic rings. The van der Waals surface area contributed by atoms with Crippen LogP contribution in [0.5, 0.6) is 5.75 Å². The third-order valence-corrected chi connectivity index (χ3v) is 3.75. The van der Waals surface area contributed by atoms with Crippen LogP contribution >= 0.6 is 0 Å². The molecule has 0 radical (unpaired) electrons. The highest BCUT2D eigenvalue weighted by Gasteiger charge is 2.23. The third-order valence-electron chi connectivity index (χ3n) is 3.75. The molecule has 1 aliphatic rings. The summed E-state index contributed by atoms with van der Waals surface area (Å²) in [7, 11) is 0. The lowest BCUT2D eigenvalue weighted by molar-refractivity contribution is 0.259. The highest BCUT2D eigenvalue weighted by Crippen LogP contribution is 2.23. The first-order chi connectivity index (χ1) is 11.8. The first kappa shape index (κ1) is 16.1. The fourth-order valence-corrected chi connectivity index (χ4v) is 2.65. The topological polar surface area (TPSA) is 53.9 Å². The minimum Gasteiger partial charge on any atom is -0.494 e. The molecule has 1 heterocycles. The minimum atomic E-state index is -0.203. The Hall–Kier alpha value is -2.82. The second-order valence-electron chi connectivity index (χ2n) is 5.46. The van der Waals surface area contributed by atoms with Crippen LogP contribution in [0, 0.1) is 0 Å². The first-order valence-electron chi connectivity index (χ1n) is 8.20. The highest BCUT2D eigenvalue weighted by molar-refractivity contribution is 6.20. The number of carbonyl (C=O) groups is 1. The Bertz CT molecular complexity index is 711. The van der Waals surface area contributed by atoms with Gasteiger partial charge in [-0.2, -0.15) is 0 Å². The van der Waals surface area contributed by atoms with E-state index in [1.54, 1.807) is 4.90 Å². The van der Waals surface area contributed by atoms with E-state index in [-0.39, 0.29) is 6.03 Å². The molecule has 0 fully saturated rings. The Kier molecular flexibility index (Phi) is 5.11. The smallest absolute Gasteiger partial charge is 0.331 e. The minimum absolute atomic E-state index is 0.203.